The van der Waals surface area contributed by atoms with Gasteiger partial charge in [0.25, 0.3) is 0 Å². The molecule has 5 heteroatoms. The van der Waals surface area contributed by atoms with Gasteiger partial charge in [0.15, 0.2) is 0 Å². The Labute approximate surface area is 88.6 Å². The number of halogens is 1. The molecule has 0 aliphatic heterocycles. The first-order valence-corrected chi connectivity index (χ1v) is 5.03. The monoisotopic (exact) mass is 213 g/mol. The number of aromatic nitrogens is 2. The van der Waals surface area contributed by atoms with Crippen LogP contribution in [0.3, 0.4) is 0 Å². The SMILES string of the molecule is CCC(O)(CC)CNc1cc(F)ncn1. The second-order valence-corrected chi connectivity index (χ2v) is 3.51. The molecule has 0 bridgehead atoms. The number of rotatable bonds is 5. The van der Waals surface area contributed by atoms with Gasteiger partial charge in [-0.05, 0) is 12.8 Å². The van der Waals surface area contributed by atoms with E-state index in [4.69, 9.17) is 0 Å². The molecule has 0 aromatic carbocycles. The van der Waals surface area contributed by atoms with Crippen LogP contribution in [0.5, 0.6) is 0 Å². The lowest BCUT2D eigenvalue weighted by Gasteiger charge is -2.25. The Bertz CT molecular complexity index is 315. The average molecular weight is 213 g/mol. The molecule has 0 aliphatic rings. The molecule has 0 fully saturated rings. The third-order valence-corrected chi connectivity index (χ3v) is 2.55. The van der Waals surface area contributed by atoms with Crippen LogP contribution in [0.1, 0.15) is 26.7 Å². The van der Waals surface area contributed by atoms with E-state index in [-0.39, 0.29) is 0 Å². The summed E-state index contributed by atoms with van der Waals surface area (Å²) in [6.07, 6.45) is 2.43. The molecule has 0 amide bonds. The minimum Gasteiger partial charge on any atom is -0.388 e. The van der Waals surface area contributed by atoms with Crippen LogP contribution in [0, 0.1) is 5.95 Å². The molecule has 0 atom stereocenters. The van der Waals surface area contributed by atoms with Gasteiger partial charge in [-0.15, -0.1) is 0 Å². The molecule has 1 rings (SSSR count). The lowest BCUT2D eigenvalue weighted by Crippen LogP contribution is -2.35. The maximum atomic E-state index is 12.7. The summed E-state index contributed by atoms with van der Waals surface area (Å²) in [6.45, 7) is 4.17. The number of nitrogens with one attached hydrogen (secondary N) is 1. The standard InChI is InChI=1S/C10H16FN3O/c1-3-10(15,4-2)6-12-9-5-8(11)13-7-14-9/h5,7,15H,3-4,6H2,1-2H3,(H,12,13,14). The number of hydrogen-bond donors (Lipinski definition) is 2. The molecule has 84 valence electrons. The number of aliphatic hydroxyl groups is 1. The van der Waals surface area contributed by atoms with Crippen LogP contribution in [0.15, 0.2) is 12.4 Å². The quantitative estimate of drug-likeness (QED) is 0.729. The molecule has 1 aromatic rings. The molecule has 0 saturated carbocycles. The molecule has 0 radical (unpaired) electrons. The smallest absolute Gasteiger partial charge is 0.217 e. The summed E-state index contributed by atoms with van der Waals surface area (Å²) in [7, 11) is 0. The number of nitrogens with zero attached hydrogens (tertiary/aromatic N) is 2. The number of hydrogen-bond acceptors (Lipinski definition) is 4. The minimum absolute atomic E-state index is 0.358. The Kier molecular flexibility index (Phi) is 3.96. The lowest BCUT2D eigenvalue weighted by molar-refractivity contribution is 0.0456. The summed E-state index contributed by atoms with van der Waals surface area (Å²) in [6, 6.07) is 1.20. The highest BCUT2D eigenvalue weighted by Crippen LogP contribution is 2.15. The second-order valence-electron chi connectivity index (χ2n) is 3.51. The van der Waals surface area contributed by atoms with Gasteiger partial charge in [-0.3, -0.25) is 0 Å². The van der Waals surface area contributed by atoms with Crippen molar-refractivity contribution in [2.45, 2.75) is 32.3 Å². The molecule has 0 aliphatic carbocycles. The third-order valence-electron chi connectivity index (χ3n) is 2.55. The summed E-state index contributed by atoms with van der Waals surface area (Å²) < 4.78 is 12.7. The Balaban J connectivity index is 2.56. The van der Waals surface area contributed by atoms with E-state index in [1.807, 2.05) is 13.8 Å². The van der Waals surface area contributed by atoms with Crippen LogP contribution >= 0.6 is 0 Å². The van der Waals surface area contributed by atoms with E-state index in [0.29, 0.717) is 25.2 Å². The van der Waals surface area contributed by atoms with Crippen molar-refractivity contribution in [2.24, 2.45) is 0 Å². The fourth-order valence-corrected chi connectivity index (χ4v) is 1.19. The van der Waals surface area contributed by atoms with Gasteiger partial charge in [0, 0.05) is 12.6 Å². The van der Waals surface area contributed by atoms with Crippen molar-refractivity contribution in [1.82, 2.24) is 9.97 Å². The molecule has 0 unspecified atom stereocenters. The fourth-order valence-electron chi connectivity index (χ4n) is 1.19. The largest absolute Gasteiger partial charge is 0.388 e. The molecule has 15 heavy (non-hydrogen) atoms. The van der Waals surface area contributed by atoms with Crippen LogP contribution in [0.25, 0.3) is 0 Å². The van der Waals surface area contributed by atoms with Gasteiger partial charge in [0.2, 0.25) is 5.95 Å². The molecule has 1 heterocycles. The molecule has 0 spiro atoms. The maximum Gasteiger partial charge on any atom is 0.217 e. The first kappa shape index (κ1) is 11.8. The van der Waals surface area contributed by atoms with Crippen LogP contribution in [0.2, 0.25) is 0 Å². The molecular weight excluding hydrogens is 197 g/mol. The highest BCUT2D eigenvalue weighted by Gasteiger charge is 2.21. The van der Waals surface area contributed by atoms with Gasteiger partial charge in [-0.1, -0.05) is 13.8 Å². The van der Waals surface area contributed by atoms with Crippen molar-refractivity contribution >= 4 is 5.82 Å². The summed E-state index contributed by atoms with van der Waals surface area (Å²) >= 11 is 0. The normalized spacial score (nSPS) is 11.5. The predicted octanol–water partition coefficient (Wildman–Crippen LogP) is 1.58. The van der Waals surface area contributed by atoms with E-state index in [2.05, 4.69) is 15.3 Å². The highest BCUT2D eigenvalue weighted by molar-refractivity contribution is 5.32. The maximum absolute atomic E-state index is 12.7. The Morgan fingerprint density at radius 2 is 2.07 bits per heavy atom. The fraction of sp³-hybridized carbons (Fsp3) is 0.600. The van der Waals surface area contributed by atoms with E-state index in [9.17, 15) is 9.50 Å². The topological polar surface area (TPSA) is 58.0 Å². The van der Waals surface area contributed by atoms with Crippen molar-refractivity contribution in [3.63, 3.8) is 0 Å². The molecular formula is C10H16FN3O. The zero-order valence-corrected chi connectivity index (χ0v) is 9.00. The van der Waals surface area contributed by atoms with Crippen molar-refractivity contribution in [2.75, 3.05) is 11.9 Å². The van der Waals surface area contributed by atoms with Crippen molar-refractivity contribution in [3.8, 4) is 0 Å². The van der Waals surface area contributed by atoms with E-state index in [1.54, 1.807) is 0 Å². The van der Waals surface area contributed by atoms with Gasteiger partial charge in [-0.25, -0.2) is 9.97 Å². The van der Waals surface area contributed by atoms with Gasteiger partial charge < -0.3 is 10.4 Å². The van der Waals surface area contributed by atoms with Crippen LogP contribution in [-0.4, -0.2) is 27.2 Å². The van der Waals surface area contributed by atoms with Crippen molar-refractivity contribution in [3.05, 3.63) is 18.3 Å². The summed E-state index contributed by atoms with van der Waals surface area (Å²) in [5.41, 5.74) is -0.762. The Hall–Kier alpha value is -1.23. The minimum atomic E-state index is -0.762. The average Bonchev–Trinajstić information content (AvgIpc) is 2.26. The zero-order chi connectivity index (χ0) is 11.3. The van der Waals surface area contributed by atoms with Crippen LogP contribution < -0.4 is 5.32 Å². The molecule has 4 nitrogen and oxygen atoms in total. The van der Waals surface area contributed by atoms with E-state index in [0.717, 1.165) is 6.33 Å². The van der Waals surface area contributed by atoms with Gasteiger partial charge in [0.1, 0.15) is 12.1 Å². The van der Waals surface area contributed by atoms with E-state index < -0.39 is 11.5 Å². The van der Waals surface area contributed by atoms with Gasteiger partial charge in [0.05, 0.1) is 5.60 Å². The summed E-state index contributed by atoms with van der Waals surface area (Å²) in [5, 5.41) is 12.8. The van der Waals surface area contributed by atoms with Gasteiger partial charge >= 0.3 is 0 Å². The number of anilines is 1. The molecule has 1 aromatic heterocycles. The van der Waals surface area contributed by atoms with E-state index >= 15 is 0 Å². The van der Waals surface area contributed by atoms with Gasteiger partial charge in [-0.2, -0.15) is 4.39 Å². The third kappa shape index (κ3) is 3.43. The summed E-state index contributed by atoms with van der Waals surface area (Å²) in [4.78, 5) is 7.18. The molecule has 2 N–H and O–H groups in total. The first-order chi connectivity index (χ1) is 7.09. The van der Waals surface area contributed by atoms with Crippen molar-refractivity contribution in [1.29, 1.82) is 0 Å². The zero-order valence-electron chi connectivity index (χ0n) is 9.00. The first-order valence-electron chi connectivity index (χ1n) is 5.03. The summed E-state index contributed by atoms with van der Waals surface area (Å²) in [5.74, 6) is -0.188. The Morgan fingerprint density at radius 3 is 2.60 bits per heavy atom. The van der Waals surface area contributed by atoms with Crippen LogP contribution in [0.4, 0.5) is 10.2 Å². The van der Waals surface area contributed by atoms with Crippen molar-refractivity contribution < 1.29 is 9.50 Å². The lowest BCUT2D eigenvalue weighted by atomic mass is 9.98. The Morgan fingerprint density at radius 1 is 1.40 bits per heavy atom. The van der Waals surface area contributed by atoms with Crippen LogP contribution in [-0.2, 0) is 0 Å². The predicted molar refractivity (Wildman–Crippen MR) is 56.0 cm³/mol. The van der Waals surface area contributed by atoms with E-state index in [1.165, 1.54) is 6.07 Å². The molecule has 0 saturated heterocycles. The highest BCUT2D eigenvalue weighted by atomic mass is 19.1. The second kappa shape index (κ2) is 5.02.